The molecule has 0 saturated heterocycles. The minimum Gasteiger partial charge on any atom is -0.462 e. The van der Waals surface area contributed by atoms with Crippen LogP contribution in [0.2, 0.25) is 0 Å². The first-order chi connectivity index (χ1) is 33.0. The van der Waals surface area contributed by atoms with Crippen LogP contribution in [0.5, 0.6) is 0 Å². The number of unbranched alkanes of at least 4 members (excludes halogenated alkanes) is 29. The van der Waals surface area contributed by atoms with Crippen LogP contribution in [0.3, 0.4) is 0 Å². The van der Waals surface area contributed by atoms with Gasteiger partial charge in [0.1, 0.15) is 13.2 Å². The van der Waals surface area contributed by atoms with Crippen molar-refractivity contribution in [3.63, 3.8) is 0 Å². The highest BCUT2D eigenvalue weighted by atomic mass is 16.6. The number of hydrogen-bond donors (Lipinski definition) is 0. The fourth-order valence-corrected chi connectivity index (χ4v) is 7.72. The summed E-state index contributed by atoms with van der Waals surface area (Å²) in [7, 11) is 0. The van der Waals surface area contributed by atoms with Gasteiger partial charge in [-0.1, -0.05) is 241 Å². The molecule has 0 aromatic rings. The molecular weight excluding hydrogens is 829 g/mol. The predicted octanol–water partition coefficient (Wildman–Crippen LogP) is 18.8. The molecule has 0 spiro atoms. The second-order valence-electron chi connectivity index (χ2n) is 18.6. The Kier molecular flexibility index (Phi) is 52.4. The largest absolute Gasteiger partial charge is 0.462 e. The van der Waals surface area contributed by atoms with Crippen molar-refractivity contribution < 1.29 is 28.6 Å². The van der Waals surface area contributed by atoms with E-state index in [2.05, 4.69) is 106 Å². The van der Waals surface area contributed by atoms with Crippen molar-refractivity contribution in [2.24, 2.45) is 0 Å². The molecule has 0 fully saturated rings. The lowest BCUT2D eigenvalue weighted by atomic mass is 10.1. The fourth-order valence-electron chi connectivity index (χ4n) is 7.72. The number of ether oxygens (including phenoxy) is 3. The highest BCUT2D eigenvalue weighted by Gasteiger charge is 2.19. The van der Waals surface area contributed by atoms with E-state index in [0.717, 1.165) is 122 Å². The molecule has 384 valence electrons. The van der Waals surface area contributed by atoms with Crippen molar-refractivity contribution >= 4 is 17.9 Å². The first kappa shape index (κ1) is 63.6. The number of carbonyl (C=O) groups excluding carboxylic acids is 3. The Morgan fingerprint density at radius 1 is 0.313 bits per heavy atom. The predicted molar refractivity (Wildman–Crippen MR) is 288 cm³/mol. The molecule has 0 rings (SSSR count). The molecule has 0 aliphatic carbocycles. The van der Waals surface area contributed by atoms with Crippen LogP contribution in [0.25, 0.3) is 0 Å². The molecule has 1 atom stereocenters. The van der Waals surface area contributed by atoms with Crippen LogP contribution in [0.4, 0.5) is 0 Å². The maximum absolute atomic E-state index is 12.8. The van der Waals surface area contributed by atoms with Crippen molar-refractivity contribution in [1.29, 1.82) is 0 Å². The second-order valence-corrected chi connectivity index (χ2v) is 18.6. The average Bonchev–Trinajstić information content (AvgIpc) is 3.33. The van der Waals surface area contributed by atoms with Gasteiger partial charge in [-0.15, -0.1) is 0 Å². The Balaban J connectivity index is 4.45. The zero-order chi connectivity index (χ0) is 48.6. The molecule has 0 aliphatic rings. The third-order valence-electron chi connectivity index (χ3n) is 12.0. The molecule has 0 heterocycles. The van der Waals surface area contributed by atoms with Gasteiger partial charge in [-0.3, -0.25) is 14.4 Å². The molecule has 0 aromatic heterocycles. The maximum Gasteiger partial charge on any atom is 0.306 e. The summed E-state index contributed by atoms with van der Waals surface area (Å²) in [5.41, 5.74) is 0. The summed E-state index contributed by atoms with van der Waals surface area (Å²) in [5.74, 6) is -0.944. The molecule has 0 aliphatic heterocycles. The summed E-state index contributed by atoms with van der Waals surface area (Å²) in [6.45, 7) is 6.46. The molecule has 0 aromatic carbocycles. The summed E-state index contributed by atoms with van der Waals surface area (Å²) in [6.07, 6.45) is 71.4. The minimum absolute atomic E-state index is 0.0980. The van der Waals surface area contributed by atoms with Crippen molar-refractivity contribution in [3.05, 3.63) is 85.1 Å². The van der Waals surface area contributed by atoms with Crippen molar-refractivity contribution in [1.82, 2.24) is 0 Å². The highest BCUT2D eigenvalue weighted by Crippen LogP contribution is 2.14. The highest BCUT2D eigenvalue weighted by molar-refractivity contribution is 5.71. The minimum atomic E-state index is -0.800. The van der Waals surface area contributed by atoms with E-state index in [1.54, 1.807) is 0 Å². The Bertz CT molecular complexity index is 1300. The van der Waals surface area contributed by atoms with Gasteiger partial charge in [-0.2, -0.15) is 0 Å². The fraction of sp³-hybridized carbons (Fsp3) is 0.721. The van der Waals surface area contributed by atoms with Crippen molar-refractivity contribution in [2.75, 3.05) is 13.2 Å². The number of allylic oxidation sites excluding steroid dienone is 14. The van der Waals surface area contributed by atoms with Gasteiger partial charge in [-0.25, -0.2) is 0 Å². The van der Waals surface area contributed by atoms with E-state index in [9.17, 15) is 14.4 Å². The standard InChI is InChI=1S/C61H104O6/c1-4-7-10-13-16-19-22-25-27-29-31-33-36-39-42-45-48-51-54-60(63)66-57-58(56-65-59(62)53-50-47-44-41-38-35-24-21-18-15-12-9-6-3)67-61(64)55-52-49-46-43-40-37-34-32-30-28-26-23-20-17-14-11-8-5-2/h9,12,15,18,21,24,27-34,58H,4-8,10-11,13-14,16-17,19-20,22-23,25-26,35-57H2,1-3H3/b12-9-,18-15-,24-21-,29-27-,30-28-,33-31-,34-32-. The number of hydrogen-bond acceptors (Lipinski definition) is 6. The van der Waals surface area contributed by atoms with Gasteiger partial charge in [0.15, 0.2) is 6.10 Å². The first-order valence-corrected chi connectivity index (χ1v) is 28.2. The molecule has 0 radical (unpaired) electrons. The Labute approximate surface area is 414 Å². The van der Waals surface area contributed by atoms with Crippen LogP contribution in [-0.2, 0) is 28.6 Å². The molecule has 0 N–H and O–H groups in total. The van der Waals surface area contributed by atoms with Crippen molar-refractivity contribution in [3.8, 4) is 0 Å². The summed E-state index contributed by atoms with van der Waals surface area (Å²) in [5, 5.41) is 0. The summed E-state index contributed by atoms with van der Waals surface area (Å²) >= 11 is 0. The first-order valence-electron chi connectivity index (χ1n) is 28.2. The number of rotatable bonds is 50. The van der Waals surface area contributed by atoms with E-state index in [1.807, 2.05) is 0 Å². The summed E-state index contributed by atoms with van der Waals surface area (Å²) < 4.78 is 16.8. The lowest BCUT2D eigenvalue weighted by Gasteiger charge is -2.18. The molecule has 6 heteroatoms. The van der Waals surface area contributed by atoms with E-state index >= 15 is 0 Å². The molecular formula is C61H104O6. The van der Waals surface area contributed by atoms with Gasteiger partial charge < -0.3 is 14.2 Å². The zero-order valence-corrected chi connectivity index (χ0v) is 43.9. The van der Waals surface area contributed by atoms with E-state index < -0.39 is 6.10 Å². The van der Waals surface area contributed by atoms with Gasteiger partial charge in [0.2, 0.25) is 0 Å². The van der Waals surface area contributed by atoms with Crippen LogP contribution in [-0.4, -0.2) is 37.2 Å². The molecule has 6 nitrogen and oxygen atoms in total. The molecule has 67 heavy (non-hydrogen) atoms. The van der Waals surface area contributed by atoms with E-state index in [-0.39, 0.29) is 31.1 Å². The smallest absolute Gasteiger partial charge is 0.306 e. The SMILES string of the molecule is CC\C=C/C=C\C=C/CCCCCCCC(=O)OCC(COC(=O)CCCCCCC/C=C\C=C/CCCCCCCCC)OC(=O)CCCCCCC/C=C\C=C/CCCCCCCCC. The molecule has 0 bridgehead atoms. The van der Waals surface area contributed by atoms with E-state index in [1.165, 1.54) is 103 Å². The second kappa shape index (κ2) is 55.2. The Hall–Kier alpha value is -3.41. The zero-order valence-electron chi connectivity index (χ0n) is 43.9. The molecule has 0 amide bonds. The van der Waals surface area contributed by atoms with Crippen LogP contribution < -0.4 is 0 Å². The maximum atomic E-state index is 12.8. The van der Waals surface area contributed by atoms with Crippen LogP contribution in [0.1, 0.15) is 265 Å². The topological polar surface area (TPSA) is 78.9 Å². The monoisotopic (exact) mass is 933 g/mol. The third kappa shape index (κ3) is 53.4. The van der Waals surface area contributed by atoms with E-state index in [4.69, 9.17) is 14.2 Å². The lowest BCUT2D eigenvalue weighted by molar-refractivity contribution is -0.167. The third-order valence-corrected chi connectivity index (χ3v) is 12.0. The van der Waals surface area contributed by atoms with Gasteiger partial charge >= 0.3 is 17.9 Å². The summed E-state index contributed by atoms with van der Waals surface area (Å²) in [6, 6.07) is 0. The van der Waals surface area contributed by atoms with E-state index in [0.29, 0.717) is 19.3 Å². The quantitative estimate of drug-likeness (QED) is 0.0262. The number of esters is 3. The number of carbonyl (C=O) groups is 3. The molecule has 0 saturated carbocycles. The van der Waals surface area contributed by atoms with Crippen LogP contribution in [0.15, 0.2) is 85.1 Å². The lowest BCUT2D eigenvalue weighted by Crippen LogP contribution is -2.30. The Morgan fingerprint density at radius 2 is 0.582 bits per heavy atom. The van der Waals surface area contributed by atoms with Gasteiger partial charge in [0.25, 0.3) is 0 Å². The summed E-state index contributed by atoms with van der Waals surface area (Å²) in [4.78, 5) is 38.1. The molecule has 1 unspecified atom stereocenters. The Morgan fingerprint density at radius 3 is 0.910 bits per heavy atom. The van der Waals surface area contributed by atoms with Crippen LogP contribution in [0, 0.1) is 0 Å². The van der Waals surface area contributed by atoms with Gasteiger partial charge in [0.05, 0.1) is 0 Å². The van der Waals surface area contributed by atoms with Gasteiger partial charge in [-0.05, 0) is 89.9 Å². The normalized spacial score (nSPS) is 12.7. The average molecular weight is 933 g/mol. The van der Waals surface area contributed by atoms with Crippen molar-refractivity contribution in [2.45, 2.75) is 271 Å². The van der Waals surface area contributed by atoms with Gasteiger partial charge in [0, 0.05) is 19.3 Å². The van der Waals surface area contributed by atoms with Crippen LogP contribution >= 0.6 is 0 Å².